The van der Waals surface area contributed by atoms with Crippen molar-refractivity contribution in [1.82, 2.24) is 24.5 Å². The molecule has 0 bridgehead atoms. The zero-order chi connectivity index (χ0) is 10.1. The zero-order valence-corrected chi connectivity index (χ0v) is 8.18. The predicted molar refractivity (Wildman–Crippen MR) is 51.5 cm³/mol. The fourth-order valence-electron chi connectivity index (χ4n) is 1.20. The van der Waals surface area contributed by atoms with Crippen molar-refractivity contribution in [1.29, 1.82) is 0 Å². The minimum Gasteiger partial charge on any atom is -0.396 e. The maximum Gasteiger partial charge on any atom is 0.154 e. The van der Waals surface area contributed by atoms with Crippen molar-refractivity contribution in [2.24, 2.45) is 7.05 Å². The van der Waals surface area contributed by atoms with Gasteiger partial charge in [-0.25, -0.2) is 0 Å². The van der Waals surface area contributed by atoms with E-state index < -0.39 is 0 Å². The van der Waals surface area contributed by atoms with Crippen LogP contribution in [0.1, 0.15) is 11.6 Å². The van der Waals surface area contributed by atoms with Gasteiger partial charge in [0, 0.05) is 13.2 Å². The first-order chi connectivity index (χ1) is 6.66. The molecular weight excluding hydrogens is 180 g/mol. The summed E-state index contributed by atoms with van der Waals surface area (Å²) in [6, 6.07) is 0. The molecule has 0 aliphatic heterocycles. The maximum atomic E-state index is 5.55. The highest BCUT2D eigenvalue weighted by molar-refractivity contribution is 5.30. The maximum absolute atomic E-state index is 5.55. The van der Waals surface area contributed by atoms with Crippen LogP contribution in [0.5, 0.6) is 0 Å². The monoisotopic (exact) mass is 192 g/mol. The highest BCUT2D eigenvalue weighted by Gasteiger charge is 2.05. The van der Waals surface area contributed by atoms with Crippen LogP contribution in [-0.2, 0) is 13.6 Å². The molecule has 74 valence electrons. The largest absolute Gasteiger partial charge is 0.396 e. The van der Waals surface area contributed by atoms with E-state index in [2.05, 4.69) is 15.3 Å². The van der Waals surface area contributed by atoms with Gasteiger partial charge in [-0.05, 0) is 6.92 Å². The molecule has 0 aromatic carbocycles. The molecular formula is C8H12N6. The van der Waals surface area contributed by atoms with E-state index in [1.54, 1.807) is 17.1 Å². The number of hydrogen-bond donors (Lipinski definition) is 1. The minimum atomic E-state index is 0.592. The smallest absolute Gasteiger partial charge is 0.154 e. The molecule has 2 heterocycles. The summed E-state index contributed by atoms with van der Waals surface area (Å²) in [4.78, 5) is 0. The van der Waals surface area contributed by atoms with E-state index in [1.807, 2.05) is 18.5 Å². The lowest BCUT2D eigenvalue weighted by Gasteiger charge is -2.01. The van der Waals surface area contributed by atoms with E-state index in [9.17, 15) is 0 Å². The summed E-state index contributed by atoms with van der Waals surface area (Å²) in [5, 5.41) is 12.1. The van der Waals surface area contributed by atoms with Crippen LogP contribution >= 0.6 is 0 Å². The van der Waals surface area contributed by atoms with E-state index in [0.717, 1.165) is 11.6 Å². The Morgan fingerprint density at radius 1 is 1.43 bits per heavy atom. The van der Waals surface area contributed by atoms with Crippen LogP contribution in [0.3, 0.4) is 0 Å². The van der Waals surface area contributed by atoms with E-state index in [0.29, 0.717) is 12.2 Å². The van der Waals surface area contributed by atoms with Crippen molar-refractivity contribution in [3.8, 4) is 0 Å². The fourth-order valence-corrected chi connectivity index (χ4v) is 1.20. The Hall–Kier alpha value is -1.85. The van der Waals surface area contributed by atoms with E-state index >= 15 is 0 Å². The topological polar surface area (TPSA) is 74.6 Å². The van der Waals surface area contributed by atoms with Gasteiger partial charge in [0.2, 0.25) is 0 Å². The Kier molecular flexibility index (Phi) is 1.95. The van der Waals surface area contributed by atoms with Gasteiger partial charge in [-0.3, -0.25) is 4.68 Å². The third kappa shape index (κ3) is 1.46. The van der Waals surface area contributed by atoms with Gasteiger partial charge in [-0.2, -0.15) is 5.10 Å². The quantitative estimate of drug-likeness (QED) is 0.724. The minimum absolute atomic E-state index is 0.592. The summed E-state index contributed by atoms with van der Waals surface area (Å²) in [7, 11) is 1.93. The SMILES string of the molecule is Cc1nnc(Cn2cc(N)cn2)n1C. The Morgan fingerprint density at radius 2 is 2.21 bits per heavy atom. The average molecular weight is 192 g/mol. The number of aromatic nitrogens is 5. The van der Waals surface area contributed by atoms with Gasteiger partial charge in [0.15, 0.2) is 5.82 Å². The third-order valence-electron chi connectivity index (χ3n) is 2.14. The second kappa shape index (κ2) is 3.13. The molecule has 0 saturated heterocycles. The molecule has 0 spiro atoms. The van der Waals surface area contributed by atoms with Gasteiger partial charge >= 0.3 is 0 Å². The highest BCUT2D eigenvalue weighted by Crippen LogP contribution is 2.03. The van der Waals surface area contributed by atoms with Gasteiger partial charge < -0.3 is 10.3 Å². The lowest BCUT2D eigenvalue weighted by molar-refractivity contribution is 0.627. The first-order valence-electron chi connectivity index (χ1n) is 4.29. The van der Waals surface area contributed by atoms with Crippen molar-refractivity contribution >= 4 is 5.69 Å². The Bertz CT molecular complexity index is 440. The predicted octanol–water partition coefficient (Wildman–Crippen LogP) is -0.0495. The lowest BCUT2D eigenvalue weighted by atomic mass is 10.5. The molecule has 2 rings (SSSR count). The van der Waals surface area contributed by atoms with Crippen LogP contribution in [-0.4, -0.2) is 24.5 Å². The van der Waals surface area contributed by atoms with Crippen molar-refractivity contribution in [2.75, 3.05) is 5.73 Å². The second-order valence-electron chi connectivity index (χ2n) is 3.19. The summed E-state index contributed by atoms with van der Waals surface area (Å²) in [6.45, 7) is 2.50. The molecule has 2 N–H and O–H groups in total. The Balaban J connectivity index is 2.22. The average Bonchev–Trinajstić information content (AvgIpc) is 2.67. The molecule has 14 heavy (non-hydrogen) atoms. The molecule has 2 aromatic heterocycles. The van der Waals surface area contributed by atoms with Gasteiger partial charge in [-0.15, -0.1) is 10.2 Å². The first-order valence-corrected chi connectivity index (χ1v) is 4.29. The van der Waals surface area contributed by atoms with Crippen molar-refractivity contribution in [3.63, 3.8) is 0 Å². The number of nitrogens with zero attached hydrogens (tertiary/aromatic N) is 5. The number of hydrogen-bond acceptors (Lipinski definition) is 4. The molecule has 0 unspecified atom stereocenters. The fraction of sp³-hybridized carbons (Fsp3) is 0.375. The van der Waals surface area contributed by atoms with Crippen molar-refractivity contribution in [3.05, 3.63) is 24.0 Å². The van der Waals surface area contributed by atoms with Crippen molar-refractivity contribution in [2.45, 2.75) is 13.5 Å². The van der Waals surface area contributed by atoms with Gasteiger partial charge in [-0.1, -0.05) is 0 Å². The summed E-state index contributed by atoms with van der Waals surface area (Å²) in [5.41, 5.74) is 6.21. The van der Waals surface area contributed by atoms with Crippen LogP contribution in [0, 0.1) is 6.92 Å². The van der Waals surface area contributed by atoms with Crippen LogP contribution in [0.25, 0.3) is 0 Å². The molecule has 0 fully saturated rings. The van der Waals surface area contributed by atoms with Crippen LogP contribution in [0.2, 0.25) is 0 Å². The molecule has 0 aliphatic rings. The van der Waals surface area contributed by atoms with Gasteiger partial charge in [0.05, 0.1) is 11.9 Å². The molecule has 6 nitrogen and oxygen atoms in total. The molecule has 0 amide bonds. The third-order valence-corrected chi connectivity index (χ3v) is 2.14. The van der Waals surface area contributed by atoms with Crippen LogP contribution in [0.15, 0.2) is 12.4 Å². The number of anilines is 1. The summed E-state index contributed by atoms with van der Waals surface area (Å²) in [6.07, 6.45) is 3.38. The number of aryl methyl sites for hydroxylation is 1. The van der Waals surface area contributed by atoms with Crippen molar-refractivity contribution < 1.29 is 0 Å². The standard InChI is InChI=1S/C8H12N6/c1-6-11-12-8(13(6)2)5-14-4-7(9)3-10-14/h3-4H,5,9H2,1-2H3. The van der Waals surface area contributed by atoms with E-state index in [4.69, 9.17) is 5.73 Å². The first kappa shape index (κ1) is 8.74. The number of nitrogens with two attached hydrogens (primary N) is 1. The molecule has 2 aromatic rings. The highest BCUT2D eigenvalue weighted by atomic mass is 15.3. The van der Waals surface area contributed by atoms with E-state index in [-0.39, 0.29) is 0 Å². The number of rotatable bonds is 2. The summed E-state index contributed by atoms with van der Waals surface area (Å²) >= 11 is 0. The van der Waals surface area contributed by atoms with E-state index in [1.165, 1.54) is 0 Å². The molecule has 0 radical (unpaired) electrons. The lowest BCUT2D eigenvalue weighted by Crippen LogP contribution is -2.07. The van der Waals surface area contributed by atoms with Crippen LogP contribution < -0.4 is 5.73 Å². The summed E-state index contributed by atoms with van der Waals surface area (Å²) in [5.74, 6) is 1.76. The second-order valence-corrected chi connectivity index (χ2v) is 3.19. The number of nitrogen functional groups attached to an aromatic ring is 1. The van der Waals surface area contributed by atoms with Gasteiger partial charge in [0.1, 0.15) is 12.4 Å². The zero-order valence-electron chi connectivity index (χ0n) is 8.18. The molecule has 0 atom stereocenters. The summed E-state index contributed by atoms with van der Waals surface area (Å²) < 4.78 is 3.66. The molecule has 6 heteroatoms. The Labute approximate surface area is 81.4 Å². The molecule has 0 saturated carbocycles. The normalized spacial score (nSPS) is 10.7. The van der Waals surface area contributed by atoms with Gasteiger partial charge in [0.25, 0.3) is 0 Å². The Morgan fingerprint density at radius 3 is 2.71 bits per heavy atom. The molecule has 0 aliphatic carbocycles. The van der Waals surface area contributed by atoms with Crippen LogP contribution in [0.4, 0.5) is 5.69 Å².